The van der Waals surface area contributed by atoms with Crippen LogP contribution in [-0.4, -0.2) is 195 Å². The summed E-state index contributed by atoms with van der Waals surface area (Å²) >= 11 is 0. The number of ether oxygens (including phenoxy) is 1. The van der Waals surface area contributed by atoms with E-state index in [1.807, 2.05) is 0 Å². The molecule has 1 aromatic heterocycles. The van der Waals surface area contributed by atoms with Crippen LogP contribution < -0.4 is 15.4 Å². The Hall–Kier alpha value is -6.11. The zero-order chi connectivity index (χ0) is 42.9. The summed E-state index contributed by atoms with van der Waals surface area (Å²) in [6.07, 6.45) is 1.67. The lowest BCUT2D eigenvalue weighted by atomic mass is 10.1. The molecule has 4 rings (SSSR count). The number of carbonyl (C=O) groups excluding carboxylic acids is 3. The number of amides is 4. The molecule has 1 unspecified atom stereocenters. The number of pyridine rings is 1. The van der Waals surface area contributed by atoms with Gasteiger partial charge in [0.25, 0.3) is 5.91 Å². The number of aliphatic carboxylic acids is 3. The number of fused-ring (bicyclic) bond motifs is 1. The Labute approximate surface area is 340 Å². The molecule has 1 aromatic carbocycles. The molecule has 4 amide bonds. The average Bonchev–Trinajstić information content (AvgIpc) is 3.68. The number of rotatable bonds is 17. The van der Waals surface area contributed by atoms with E-state index in [9.17, 15) is 59.2 Å². The SMILES string of the molecule is N#C[C@@H]1CCCN1C(=O)CNC(=O)c1ccnc2ccc(OCCCNC(=O)CCC(C(=O)O)N3CCN(CC(=O)O)CCN(CC(=O)O)CCN(C(=O)O)CC3)cc12. The molecular formula is C38H51N9O12. The maximum absolute atomic E-state index is 13.1. The van der Waals surface area contributed by atoms with E-state index in [-0.39, 0.29) is 109 Å². The molecule has 21 heteroatoms. The standard InChI is InChI=1S/C38H51N9O12/c39-22-26-3-1-11-47(26)33(49)23-42-36(54)28-8-10-40-30-5-4-27(21-29(28)30)59-20-2-9-41-32(48)7-6-31(37(55)56)45-16-14-43(24-34(50)51)12-13-44(25-35(52)53)15-17-46(19-18-45)38(57)58/h4-5,8,10,21,26,31H,1-3,6-7,9,11-20,23-25H2,(H,41,48)(H,42,54)(H,50,51)(H,52,53)(H,55,56)(H,57,58)/t26-,31?/m0/s1. The molecular weight excluding hydrogens is 774 g/mol. The van der Waals surface area contributed by atoms with Crippen LogP contribution in [0.4, 0.5) is 4.79 Å². The van der Waals surface area contributed by atoms with Crippen molar-refractivity contribution in [2.45, 2.75) is 44.2 Å². The van der Waals surface area contributed by atoms with Crippen LogP contribution in [0.5, 0.6) is 5.75 Å². The number of benzene rings is 1. The number of carbonyl (C=O) groups is 7. The predicted octanol–water partition coefficient (Wildman–Crippen LogP) is -0.334. The van der Waals surface area contributed by atoms with Gasteiger partial charge in [-0.15, -0.1) is 0 Å². The van der Waals surface area contributed by atoms with Crippen molar-refractivity contribution in [3.05, 3.63) is 36.0 Å². The molecule has 6 N–H and O–H groups in total. The van der Waals surface area contributed by atoms with Gasteiger partial charge in [-0.05, 0) is 49.9 Å². The summed E-state index contributed by atoms with van der Waals surface area (Å²) in [7, 11) is 0. The van der Waals surface area contributed by atoms with Gasteiger partial charge in [-0.25, -0.2) is 4.79 Å². The van der Waals surface area contributed by atoms with Gasteiger partial charge in [0.05, 0.1) is 43.4 Å². The highest BCUT2D eigenvalue weighted by Crippen LogP contribution is 2.23. The minimum atomic E-state index is -1.26. The van der Waals surface area contributed by atoms with Gasteiger partial charge in [0.2, 0.25) is 11.8 Å². The second kappa shape index (κ2) is 22.7. The topological polar surface area (TPSA) is 287 Å². The van der Waals surface area contributed by atoms with E-state index in [1.54, 1.807) is 23.1 Å². The quantitative estimate of drug-likeness (QED) is 0.111. The Morgan fingerprint density at radius 3 is 2.19 bits per heavy atom. The number of nitrogens with zero attached hydrogens (tertiary/aromatic N) is 7. The molecule has 2 aliphatic rings. The number of hydrogen-bond donors (Lipinski definition) is 6. The molecule has 0 radical (unpaired) electrons. The monoisotopic (exact) mass is 825 g/mol. The van der Waals surface area contributed by atoms with Crippen LogP contribution >= 0.6 is 0 Å². The van der Waals surface area contributed by atoms with Crippen LogP contribution in [0.3, 0.4) is 0 Å². The fraction of sp³-hybridized carbons (Fsp3) is 0.553. The highest BCUT2D eigenvalue weighted by atomic mass is 16.5. The summed E-state index contributed by atoms with van der Waals surface area (Å²) in [6.45, 7) is 0.211. The van der Waals surface area contributed by atoms with Crippen LogP contribution in [0.1, 0.15) is 42.5 Å². The van der Waals surface area contributed by atoms with E-state index < -0.39 is 47.9 Å². The number of aromatic nitrogens is 1. The lowest BCUT2D eigenvalue weighted by molar-refractivity contribution is -0.144. The van der Waals surface area contributed by atoms with Crippen LogP contribution in [0.2, 0.25) is 0 Å². The highest BCUT2D eigenvalue weighted by Gasteiger charge is 2.30. The van der Waals surface area contributed by atoms with Crippen molar-refractivity contribution in [1.29, 1.82) is 5.26 Å². The summed E-state index contributed by atoms with van der Waals surface area (Å²) in [5.41, 5.74) is 0.813. The number of carboxylic acids is 3. The molecule has 21 nitrogen and oxygen atoms in total. The number of nitriles is 1. The molecule has 320 valence electrons. The lowest BCUT2D eigenvalue weighted by Crippen LogP contribution is -2.52. The van der Waals surface area contributed by atoms with Gasteiger partial charge in [0.1, 0.15) is 17.8 Å². The molecule has 0 aliphatic carbocycles. The number of likely N-dealkylation sites (tertiary alicyclic amines) is 1. The molecule has 59 heavy (non-hydrogen) atoms. The van der Waals surface area contributed by atoms with Gasteiger partial charge in [0, 0.05) is 83.5 Å². The van der Waals surface area contributed by atoms with Crippen molar-refractivity contribution in [2.75, 3.05) is 91.7 Å². The molecule has 2 fully saturated rings. The van der Waals surface area contributed by atoms with E-state index in [0.717, 1.165) is 11.3 Å². The zero-order valence-corrected chi connectivity index (χ0v) is 32.7. The Balaban J connectivity index is 1.28. The summed E-state index contributed by atoms with van der Waals surface area (Å²) in [6, 6.07) is 6.98. The van der Waals surface area contributed by atoms with Crippen LogP contribution in [0.25, 0.3) is 10.9 Å². The number of carboxylic acid groups (broad SMARTS) is 4. The first kappa shape index (κ1) is 45.6. The Morgan fingerprint density at radius 1 is 0.864 bits per heavy atom. The summed E-state index contributed by atoms with van der Waals surface area (Å²) < 4.78 is 5.87. The van der Waals surface area contributed by atoms with Crippen molar-refractivity contribution in [3.8, 4) is 11.8 Å². The molecule has 2 saturated heterocycles. The van der Waals surface area contributed by atoms with Gasteiger partial charge < -0.3 is 45.6 Å². The smallest absolute Gasteiger partial charge is 0.407 e. The normalized spacial score (nSPS) is 17.8. The number of hydrogen-bond acceptors (Lipinski definition) is 13. The van der Waals surface area contributed by atoms with E-state index in [4.69, 9.17) is 4.74 Å². The predicted molar refractivity (Wildman–Crippen MR) is 208 cm³/mol. The zero-order valence-electron chi connectivity index (χ0n) is 32.7. The first-order valence-corrected chi connectivity index (χ1v) is 19.3. The largest absolute Gasteiger partial charge is 0.494 e. The van der Waals surface area contributed by atoms with Crippen LogP contribution in [0, 0.1) is 11.3 Å². The van der Waals surface area contributed by atoms with E-state index in [2.05, 4.69) is 21.7 Å². The maximum atomic E-state index is 13.1. The van der Waals surface area contributed by atoms with Gasteiger partial charge >= 0.3 is 24.0 Å². The van der Waals surface area contributed by atoms with Crippen molar-refractivity contribution in [3.63, 3.8) is 0 Å². The van der Waals surface area contributed by atoms with Crippen molar-refractivity contribution >= 4 is 52.6 Å². The summed E-state index contributed by atoms with van der Waals surface area (Å²) in [4.78, 5) is 97.4. The van der Waals surface area contributed by atoms with Crippen molar-refractivity contribution in [1.82, 2.24) is 40.1 Å². The first-order chi connectivity index (χ1) is 28.2. The van der Waals surface area contributed by atoms with Gasteiger partial charge in [-0.1, -0.05) is 0 Å². The lowest BCUT2D eigenvalue weighted by Gasteiger charge is -2.35. The molecule has 2 atom stereocenters. The third kappa shape index (κ3) is 14.3. The van der Waals surface area contributed by atoms with Gasteiger partial charge in [-0.2, -0.15) is 5.26 Å². The fourth-order valence-corrected chi connectivity index (χ4v) is 6.99. The Kier molecular flexibility index (Phi) is 17.6. The third-order valence-corrected chi connectivity index (χ3v) is 10.1. The van der Waals surface area contributed by atoms with Crippen LogP contribution in [-0.2, 0) is 24.0 Å². The second-order valence-corrected chi connectivity index (χ2v) is 14.2. The molecule has 0 saturated carbocycles. The van der Waals surface area contributed by atoms with E-state index in [1.165, 1.54) is 27.0 Å². The third-order valence-electron chi connectivity index (χ3n) is 10.1. The molecule has 2 aromatic rings. The van der Waals surface area contributed by atoms with E-state index in [0.29, 0.717) is 36.0 Å². The first-order valence-electron chi connectivity index (χ1n) is 19.3. The molecule has 2 aliphatic heterocycles. The maximum Gasteiger partial charge on any atom is 0.407 e. The molecule has 0 bridgehead atoms. The number of nitrogens with one attached hydrogen (secondary N) is 2. The van der Waals surface area contributed by atoms with Crippen LogP contribution in [0.15, 0.2) is 30.5 Å². The summed E-state index contributed by atoms with van der Waals surface area (Å²) in [5.74, 6) is -4.26. The minimum absolute atomic E-state index is 0.0266. The van der Waals surface area contributed by atoms with E-state index >= 15 is 0 Å². The van der Waals surface area contributed by atoms with Crippen molar-refractivity contribution in [2.24, 2.45) is 0 Å². The average molecular weight is 826 g/mol. The highest BCUT2D eigenvalue weighted by molar-refractivity contribution is 6.07. The van der Waals surface area contributed by atoms with Gasteiger partial charge in [0.15, 0.2) is 0 Å². The fourth-order valence-electron chi connectivity index (χ4n) is 6.99. The Morgan fingerprint density at radius 2 is 1.53 bits per heavy atom. The van der Waals surface area contributed by atoms with Gasteiger partial charge in [-0.3, -0.25) is 48.5 Å². The minimum Gasteiger partial charge on any atom is -0.494 e. The van der Waals surface area contributed by atoms with Crippen molar-refractivity contribution < 1.29 is 58.7 Å². The Bertz CT molecular complexity index is 1870. The molecule has 0 spiro atoms. The molecule has 3 heterocycles. The summed E-state index contributed by atoms with van der Waals surface area (Å²) in [5, 5.41) is 53.8. The second-order valence-electron chi connectivity index (χ2n) is 14.2.